The minimum absolute atomic E-state index is 0.532. The number of carbonyl (C=O) groups is 2. The highest BCUT2D eigenvalue weighted by molar-refractivity contribution is 5.89. The molecule has 0 bridgehead atoms. The molecule has 138 valence electrons. The van der Waals surface area contributed by atoms with E-state index in [1.807, 2.05) is 12.3 Å². The predicted octanol–water partition coefficient (Wildman–Crippen LogP) is 0.610. The zero-order valence-electron chi connectivity index (χ0n) is 14.3. The molecular formula is C16H23N3O6. The fourth-order valence-electron chi connectivity index (χ4n) is 2.14. The highest BCUT2D eigenvalue weighted by atomic mass is 16.5. The maximum Gasteiger partial charge on any atom is 0.328 e. The van der Waals surface area contributed by atoms with Crippen molar-refractivity contribution in [2.75, 3.05) is 45.3 Å². The van der Waals surface area contributed by atoms with Crippen molar-refractivity contribution in [3.05, 3.63) is 24.4 Å². The van der Waals surface area contributed by atoms with Crippen molar-refractivity contribution < 1.29 is 29.3 Å². The van der Waals surface area contributed by atoms with E-state index in [0.717, 1.165) is 38.3 Å². The molecule has 1 saturated heterocycles. The molecule has 9 nitrogen and oxygen atoms in total. The van der Waals surface area contributed by atoms with E-state index in [1.54, 1.807) is 14.2 Å². The summed E-state index contributed by atoms with van der Waals surface area (Å²) in [5.41, 5.74) is 1.09. The summed E-state index contributed by atoms with van der Waals surface area (Å²) in [7, 11) is 3.23. The van der Waals surface area contributed by atoms with Crippen molar-refractivity contribution in [2.24, 2.45) is 0 Å². The summed E-state index contributed by atoms with van der Waals surface area (Å²) in [6, 6.07) is 1.98. The van der Waals surface area contributed by atoms with Crippen LogP contribution in [-0.4, -0.2) is 67.5 Å². The van der Waals surface area contributed by atoms with Crippen molar-refractivity contribution in [1.29, 1.82) is 0 Å². The Bertz CT molecular complexity index is 582. The van der Waals surface area contributed by atoms with Crippen LogP contribution in [0, 0.1) is 0 Å². The topological polar surface area (TPSA) is 121 Å². The first kappa shape index (κ1) is 20.2. The molecule has 0 aliphatic carbocycles. The summed E-state index contributed by atoms with van der Waals surface area (Å²) in [4.78, 5) is 25.7. The number of aliphatic carboxylic acids is 2. The smallest absolute Gasteiger partial charge is 0.328 e. The number of carboxylic acid groups (broad SMARTS) is 2. The number of ether oxygens (including phenoxy) is 2. The van der Waals surface area contributed by atoms with Crippen molar-refractivity contribution in [1.82, 2.24) is 10.3 Å². The van der Waals surface area contributed by atoms with Gasteiger partial charge in [0, 0.05) is 37.9 Å². The maximum atomic E-state index is 9.55. The van der Waals surface area contributed by atoms with Gasteiger partial charge in [-0.1, -0.05) is 0 Å². The van der Waals surface area contributed by atoms with Crippen molar-refractivity contribution in [3.63, 3.8) is 0 Å². The number of anilines is 1. The van der Waals surface area contributed by atoms with Gasteiger partial charge < -0.3 is 29.9 Å². The van der Waals surface area contributed by atoms with Gasteiger partial charge in [-0.2, -0.15) is 0 Å². The molecule has 0 atom stereocenters. The molecule has 9 heteroatoms. The normalized spacial score (nSPS) is 14.2. The number of nitrogens with zero attached hydrogens (tertiary/aromatic N) is 2. The molecule has 0 spiro atoms. The lowest BCUT2D eigenvalue weighted by atomic mass is 10.3. The molecule has 25 heavy (non-hydrogen) atoms. The molecular weight excluding hydrogens is 330 g/mol. The molecule has 3 N–H and O–H groups in total. The van der Waals surface area contributed by atoms with Crippen LogP contribution in [0.25, 0.3) is 0 Å². The summed E-state index contributed by atoms with van der Waals surface area (Å²) in [5.74, 6) is -1.30. The van der Waals surface area contributed by atoms with E-state index in [9.17, 15) is 9.59 Å². The molecule has 0 aromatic carbocycles. The summed E-state index contributed by atoms with van der Waals surface area (Å²) in [6.07, 6.45) is 4.10. The van der Waals surface area contributed by atoms with Crippen LogP contribution in [-0.2, 0) is 9.59 Å². The third kappa shape index (κ3) is 7.53. The molecule has 1 aliphatic heterocycles. The van der Waals surface area contributed by atoms with Crippen LogP contribution in [0.5, 0.6) is 11.6 Å². The Kier molecular flexibility index (Phi) is 8.80. The third-order valence-corrected chi connectivity index (χ3v) is 3.29. The monoisotopic (exact) mass is 353 g/mol. The number of rotatable bonds is 5. The third-order valence-electron chi connectivity index (χ3n) is 3.29. The van der Waals surface area contributed by atoms with Crippen LogP contribution in [0.2, 0.25) is 0 Å². The molecule has 0 unspecified atom stereocenters. The van der Waals surface area contributed by atoms with E-state index >= 15 is 0 Å². The second-order valence-corrected chi connectivity index (χ2v) is 5.01. The van der Waals surface area contributed by atoms with Crippen LogP contribution in [0.15, 0.2) is 24.4 Å². The first-order chi connectivity index (χ1) is 12.0. The predicted molar refractivity (Wildman–Crippen MR) is 91.5 cm³/mol. The van der Waals surface area contributed by atoms with Gasteiger partial charge in [-0.3, -0.25) is 0 Å². The maximum absolute atomic E-state index is 9.55. The quantitative estimate of drug-likeness (QED) is 0.654. The molecule has 2 heterocycles. The van der Waals surface area contributed by atoms with E-state index in [-0.39, 0.29) is 0 Å². The molecule has 1 fully saturated rings. The van der Waals surface area contributed by atoms with Gasteiger partial charge in [0.2, 0.25) is 0 Å². The van der Waals surface area contributed by atoms with Gasteiger partial charge in [0.15, 0.2) is 5.75 Å². The minimum atomic E-state index is -1.26. The summed E-state index contributed by atoms with van der Waals surface area (Å²) < 4.78 is 10.4. The minimum Gasteiger partial charge on any atom is -0.491 e. The van der Waals surface area contributed by atoms with Crippen LogP contribution in [0.3, 0.4) is 0 Å². The van der Waals surface area contributed by atoms with E-state index in [4.69, 9.17) is 19.7 Å². The molecule has 1 aliphatic rings. The molecule has 2 rings (SSSR count). The number of hydrogen-bond acceptors (Lipinski definition) is 7. The lowest BCUT2D eigenvalue weighted by Crippen LogP contribution is -2.27. The second-order valence-electron chi connectivity index (χ2n) is 5.01. The van der Waals surface area contributed by atoms with Gasteiger partial charge >= 0.3 is 11.9 Å². The van der Waals surface area contributed by atoms with Gasteiger partial charge in [-0.05, 0) is 13.0 Å². The number of methoxy groups -OCH3 is 2. The first-order valence-electron chi connectivity index (χ1n) is 7.65. The van der Waals surface area contributed by atoms with Crippen molar-refractivity contribution >= 4 is 17.6 Å². The molecule has 0 saturated carbocycles. The van der Waals surface area contributed by atoms with Gasteiger partial charge in [0.1, 0.15) is 0 Å². The number of pyridine rings is 1. The Morgan fingerprint density at radius 2 is 1.84 bits per heavy atom. The molecule has 0 radical (unpaired) electrons. The Labute approximate surface area is 145 Å². The number of hydrogen-bond donors (Lipinski definition) is 3. The van der Waals surface area contributed by atoms with Crippen LogP contribution < -0.4 is 19.7 Å². The van der Waals surface area contributed by atoms with E-state index in [0.29, 0.717) is 23.8 Å². The number of nitrogens with one attached hydrogen (secondary N) is 1. The van der Waals surface area contributed by atoms with E-state index in [2.05, 4.69) is 15.2 Å². The van der Waals surface area contributed by atoms with E-state index < -0.39 is 11.9 Å². The Hall–Kier alpha value is -2.81. The van der Waals surface area contributed by atoms with Crippen molar-refractivity contribution in [3.8, 4) is 11.6 Å². The zero-order chi connectivity index (χ0) is 18.7. The fraction of sp³-hybridized carbons (Fsp3) is 0.438. The SMILES string of the molecule is COc1cc(N2CCCNCC2)cnc1OC.O=C(O)/C=C/C(=O)O. The molecule has 0 amide bonds. The fourth-order valence-corrected chi connectivity index (χ4v) is 2.14. The average molecular weight is 353 g/mol. The van der Waals surface area contributed by atoms with Gasteiger partial charge in [0.25, 0.3) is 5.88 Å². The lowest BCUT2D eigenvalue weighted by molar-refractivity contribution is -0.134. The molecule has 1 aromatic rings. The first-order valence-corrected chi connectivity index (χ1v) is 7.65. The summed E-state index contributed by atoms with van der Waals surface area (Å²) in [6.45, 7) is 4.13. The summed E-state index contributed by atoms with van der Waals surface area (Å²) in [5, 5.41) is 19.0. The zero-order valence-corrected chi connectivity index (χ0v) is 14.3. The second kappa shape index (κ2) is 10.9. The number of aromatic nitrogens is 1. The van der Waals surface area contributed by atoms with Gasteiger partial charge in [-0.25, -0.2) is 14.6 Å². The van der Waals surface area contributed by atoms with Crippen LogP contribution in [0.1, 0.15) is 6.42 Å². The van der Waals surface area contributed by atoms with Crippen molar-refractivity contribution in [2.45, 2.75) is 6.42 Å². The van der Waals surface area contributed by atoms with Crippen LogP contribution >= 0.6 is 0 Å². The standard InChI is InChI=1S/C12H19N3O2.C4H4O4/c1-16-11-8-10(9-14-12(11)17-2)15-6-3-4-13-5-7-15;5-3(6)1-2-4(7)8/h8-9,13H,3-7H2,1-2H3;1-2H,(H,5,6)(H,7,8)/b;2-1+. The van der Waals surface area contributed by atoms with Gasteiger partial charge in [0.05, 0.1) is 26.1 Å². The Morgan fingerprint density at radius 1 is 1.16 bits per heavy atom. The summed E-state index contributed by atoms with van der Waals surface area (Å²) >= 11 is 0. The number of carboxylic acids is 2. The highest BCUT2D eigenvalue weighted by Gasteiger charge is 2.13. The Morgan fingerprint density at radius 3 is 2.40 bits per heavy atom. The highest BCUT2D eigenvalue weighted by Crippen LogP contribution is 2.28. The average Bonchev–Trinajstić information content (AvgIpc) is 2.89. The lowest BCUT2D eigenvalue weighted by Gasteiger charge is -2.22. The largest absolute Gasteiger partial charge is 0.491 e. The van der Waals surface area contributed by atoms with Crippen LogP contribution in [0.4, 0.5) is 5.69 Å². The molecule has 1 aromatic heterocycles. The van der Waals surface area contributed by atoms with E-state index in [1.165, 1.54) is 0 Å². The van der Waals surface area contributed by atoms with Gasteiger partial charge in [-0.15, -0.1) is 0 Å². The Balaban J connectivity index is 0.000000333.